The molecule has 1 aromatic carbocycles. The van der Waals surface area contributed by atoms with E-state index in [4.69, 9.17) is 37.7 Å². The molecule has 0 saturated heterocycles. The van der Waals surface area contributed by atoms with Gasteiger partial charge in [-0.2, -0.15) is 0 Å². The maximum absolute atomic E-state index is 10.4. The Morgan fingerprint density at radius 3 is 2.31 bits per heavy atom. The molecule has 1 aromatic rings. The molecule has 0 aliphatic heterocycles. The molecule has 0 amide bonds. The number of phosphoric ester groups is 1. The lowest BCUT2D eigenvalue weighted by Crippen LogP contribution is -2.27. The number of hydrogen-bond acceptors (Lipinski definition) is 3. The fourth-order valence-electron chi connectivity index (χ4n) is 0.850. The number of phosphoric acid groups is 1. The summed E-state index contributed by atoms with van der Waals surface area (Å²) in [4.78, 5) is 16.9. The Balaban J connectivity index is 2.55. The summed E-state index contributed by atoms with van der Waals surface area (Å²) < 4.78 is 17.8. The van der Waals surface area contributed by atoms with Crippen LogP contribution in [0.15, 0.2) is 30.3 Å². The van der Waals surface area contributed by atoms with Gasteiger partial charge in [0.1, 0.15) is 12.4 Å². The number of halogens is 2. The van der Waals surface area contributed by atoms with Gasteiger partial charge in [-0.3, -0.25) is 4.52 Å². The van der Waals surface area contributed by atoms with Gasteiger partial charge in [0.15, 0.2) is 0 Å². The van der Waals surface area contributed by atoms with Crippen LogP contribution in [0.1, 0.15) is 0 Å². The lowest BCUT2D eigenvalue weighted by atomic mass is 10.3. The number of para-hydroxylation sites is 1. The zero-order valence-corrected chi connectivity index (χ0v) is 10.3. The molecule has 16 heavy (non-hydrogen) atoms. The van der Waals surface area contributed by atoms with Gasteiger partial charge >= 0.3 is 7.82 Å². The van der Waals surface area contributed by atoms with E-state index < -0.39 is 18.9 Å². The lowest BCUT2D eigenvalue weighted by molar-refractivity contribution is 0.122. The molecule has 0 heterocycles. The van der Waals surface area contributed by atoms with Crippen LogP contribution < -0.4 is 4.74 Å². The summed E-state index contributed by atoms with van der Waals surface area (Å²) in [6.45, 7) is -0.657. The highest BCUT2D eigenvalue weighted by Crippen LogP contribution is 2.39. The third-order valence-electron chi connectivity index (χ3n) is 1.41. The summed E-state index contributed by atoms with van der Waals surface area (Å²) in [7, 11) is -4.62. The fourth-order valence-corrected chi connectivity index (χ4v) is 1.64. The van der Waals surface area contributed by atoms with Crippen molar-refractivity contribution in [1.82, 2.24) is 0 Å². The zero-order valence-electron chi connectivity index (χ0n) is 7.92. The Kier molecular flexibility index (Phi) is 4.62. The van der Waals surface area contributed by atoms with E-state index in [9.17, 15) is 4.57 Å². The van der Waals surface area contributed by atoms with Gasteiger partial charge in [0.05, 0.1) is 0 Å². The first-order chi connectivity index (χ1) is 7.29. The van der Waals surface area contributed by atoms with Crippen molar-refractivity contribution in [2.45, 2.75) is 4.52 Å². The average molecular weight is 287 g/mol. The van der Waals surface area contributed by atoms with Gasteiger partial charge in [0.25, 0.3) is 4.52 Å². The molecule has 0 atom stereocenters. The van der Waals surface area contributed by atoms with Crippen molar-refractivity contribution in [2.24, 2.45) is 0 Å². The van der Waals surface area contributed by atoms with Crippen molar-refractivity contribution in [3.05, 3.63) is 30.3 Å². The summed E-state index contributed by atoms with van der Waals surface area (Å²) in [5.74, 6) is 0.363. The highest BCUT2D eigenvalue weighted by molar-refractivity contribution is 7.46. The van der Waals surface area contributed by atoms with Gasteiger partial charge in [-0.05, 0) is 12.1 Å². The second-order valence-electron chi connectivity index (χ2n) is 2.82. The largest absolute Gasteiger partial charge is 0.469 e. The van der Waals surface area contributed by atoms with Crippen LogP contribution in [0.5, 0.6) is 5.75 Å². The third kappa shape index (κ3) is 5.70. The molecule has 1 rings (SSSR count). The van der Waals surface area contributed by atoms with Crippen LogP contribution in [0.25, 0.3) is 0 Å². The Hall–Kier alpha value is -0.290. The molecular weight excluding hydrogens is 278 g/mol. The van der Waals surface area contributed by atoms with Crippen molar-refractivity contribution in [2.75, 3.05) is 6.61 Å². The topological polar surface area (TPSA) is 76.0 Å². The van der Waals surface area contributed by atoms with Crippen LogP contribution in [0.3, 0.4) is 0 Å². The van der Waals surface area contributed by atoms with Crippen molar-refractivity contribution < 1.29 is 23.6 Å². The molecule has 5 nitrogen and oxygen atoms in total. The number of hydrogen-bond donors (Lipinski definition) is 2. The summed E-state index contributed by atoms with van der Waals surface area (Å²) >= 11 is 11.3. The molecular formula is C8H9Cl2O5P. The van der Waals surface area contributed by atoms with E-state index in [0.29, 0.717) is 5.75 Å². The second-order valence-corrected chi connectivity index (χ2v) is 5.47. The molecule has 0 spiro atoms. The first-order valence-corrected chi connectivity index (χ1v) is 6.39. The van der Waals surface area contributed by atoms with E-state index in [-0.39, 0.29) is 0 Å². The summed E-state index contributed by atoms with van der Waals surface area (Å²) in [6.07, 6.45) is 0. The predicted molar refractivity (Wildman–Crippen MR) is 59.5 cm³/mol. The van der Waals surface area contributed by atoms with Gasteiger partial charge in [0, 0.05) is 0 Å². The minimum atomic E-state index is -4.62. The minimum absolute atomic E-state index is 0.363. The van der Waals surface area contributed by atoms with Gasteiger partial charge in [-0.25, -0.2) is 4.57 Å². The standard InChI is InChI=1S/C8H9Cl2O5P/c9-8(10,6-14-16(11,12)13)15-7-4-2-1-3-5-7/h1-5H,6H2,(H2,11,12,13). The Labute approximate surface area is 102 Å². The van der Waals surface area contributed by atoms with E-state index in [2.05, 4.69) is 4.52 Å². The molecule has 0 aromatic heterocycles. The predicted octanol–water partition coefficient (Wildman–Crippen LogP) is 2.31. The normalized spacial score (nSPS) is 12.5. The molecule has 0 fully saturated rings. The van der Waals surface area contributed by atoms with E-state index in [1.54, 1.807) is 30.3 Å². The van der Waals surface area contributed by atoms with E-state index in [1.165, 1.54) is 0 Å². The van der Waals surface area contributed by atoms with E-state index in [0.717, 1.165) is 0 Å². The molecule has 0 aliphatic rings. The molecule has 0 aliphatic carbocycles. The Morgan fingerprint density at radius 1 is 1.25 bits per heavy atom. The molecule has 0 radical (unpaired) electrons. The minimum Gasteiger partial charge on any atom is -0.456 e. The number of rotatable bonds is 5. The molecule has 90 valence electrons. The highest BCUT2D eigenvalue weighted by atomic mass is 35.5. The van der Waals surface area contributed by atoms with Crippen LogP contribution in [-0.4, -0.2) is 20.9 Å². The van der Waals surface area contributed by atoms with Gasteiger partial charge in [-0.1, -0.05) is 41.4 Å². The van der Waals surface area contributed by atoms with Crippen LogP contribution >= 0.6 is 31.0 Å². The maximum atomic E-state index is 10.4. The second kappa shape index (κ2) is 5.36. The number of benzene rings is 1. The Morgan fingerprint density at radius 2 is 1.81 bits per heavy atom. The Bertz CT molecular complexity index is 377. The van der Waals surface area contributed by atoms with E-state index >= 15 is 0 Å². The first-order valence-electron chi connectivity index (χ1n) is 4.10. The van der Waals surface area contributed by atoms with Crippen LogP contribution in [0, 0.1) is 0 Å². The summed E-state index contributed by atoms with van der Waals surface area (Å²) in [6, 6.07) is 8.35. The molecule has 2 N–H and O–H groups in total. The molecule has 8 heteroatoms. The average Bonchev–Trinajstić information content (AvgIpc) is 2.15. The zero-order chi connectivity index (χ0) is 12.2. The summed E-state index contributed by atoms with van der Waals surface area (Å²) in [5, 5.41) is 0. The highest BCUT2D eigenvalue weighted by Gasteiger charge is 2.30. The lowest BCUT2D eigenvalue weighted by Gasteiger charge is -2.21. The van der Waals surface area contributed by atoms with Crippen LogP contribution in [0.2, 0.25) is 0 Å². The summed E-state index contributed by atoms with van der Waals surface area (Å²) in [5.41, 5.74) is 0. The maximum Gasteiger partial charge on any atom is 0.469 e. The molecule has 0 unspecified atom stereocenters. The van der Waals surface area contributed by atoms with Gasteiger partial charge < -0.3 is 14.5 Å². The molecule has 0 saturated carbocycles. The number of alkyl halides is 2. The third-order valence-corrected chi connectivity index (χ3v) is 2.25. The van der Waals surface area contributed by atoms with Gasteiger partial charge in [0.2, 0.25) is 0 Å². The van der Waals surface area contributed by atoms with Gasteiger partial charge in [-0.15, -0.1) is 0 Å². The number of ether oxygens (including phenoxy) is 1. The fraction of sp³-hybridized carbons (Fsp3) is 0.250. The van der Waals surface area contributed by atoms with Crippen molar-refractivity contribution in [3.63, 3.8) is 0 Å². The first kappa shape index (κ1) is 13.8. The SMILES string of the molecule is O=P(O)(O)OCC(Cl)(Cl)Oc1ccccc1. The smallest absolute Gasteiger partial charge is 0.456 e. The quantitative estimate of drug-likeness (QED) is 0.642. The van der Waals surface area contributed by atoms with Crippen molar-refractivity contribution in [1.29, 1.82) is 0 Å². The van der Waals surface area contributed by atoms with E-state index in [1.807, 2.05) is 0 Å². The molecule has 0 bridgehead atoms. The van der Waals surface area contributed by atoms with Crippen molar-refractivity contribution >= 4 is 31.0 Å². The van der Waals surface area contributed by atoms with Crippen LogP contribution in [0.4, 0.5) is 0 Å². The van der Waals surface area contributed by atoms with Crippen LogP contribution in [-0.2, 0) is 9.09 Å². The monoisotopic (exact) mass is 286 g/mol. The van der Waals surface area contributed by atoms with Crippen molar-refractivity contribution in [3.8, 4) is 5.75 Å².